The molecule has 0 bridgehead atoms. The third kappa shape index (κ3) is 7.23. The van der Waals surface area contributed by atoms with Crippen LogP contribution in [0.2, 0.25) is 0 Å². The van der Waals surface area contributed by atoms with E-state index >= 15 is 0 Å². The lowest BCUT2D eigenvalue weighted by Gasteiger charge is -2.39. The minimum Gasteiger partial charge on any atom is -0.458 e. The molecule has 0 saturated carbocycles. The molecule has 1 heterocycles. The van der Waals surface area contributed by atoms with Crippen molar-refractivity contribution in [1.82, 2.24) is 0 Å². The van der Waals surface area contributed by atoms with Gasteiger partial charge in [-0.15, -0.1) is 6.58 Å². The average Bonchev–Trinajstić information content (AvgIpc) is 2.47. The molecule has 0 N–H and O–H groups in total. The number of hydrogen-bond donors (Lipinski definition) is 0. The third-order valence-corrected chi connectivity index (χ3v) is 3.50. The van der Waals surface area contributed by atoms with Crippen LogP contribution in [0.15, 0.2) is 12.7 Å². The molecule has 136 valence electrons. The van der Waals surface area contributed by atoms with Crippen LogP contribution < -0.4 is 0 Å². The Bertz CT molecular complexity index is 460. The van der Waals surface area contributed by atoms with Gasteiger partial charge in [0.2, 0.25) is 0 Å². The van der Waals surface area contributed by atoms with Crippen molar-refractivity contribution < 1.29 is 33.3 Å². The molecule has 1 fully saturated rings. The van der Waals surface area contributed by atoms with Gasteiger partial charge in [0.15, 0.2) is 12.4 Å². The predicted molar refractivity (Wildman–Crippen MR) is 85.1 cm³/mol. The van der Waals surface area contributed by atoms with Crippen molar-refractivity contribution in [1.29, 1.82) is 0 Å². The third-order valence-electron chi connectivity index (χ3n) is 3.50. The Kier molecular flexibility index (Phi) is 8.63. The molecule has 1 saturated heterocycles. The molecule has 1 aliphatic rings. The van der Waals surface area contributed by atoms with E-state index < -0.39 is 36.5 Å². The first kappa shape index (κ1) is 20.3. The molecule has 0 amide bonds. The van der Waals surface area contributed by atoms with E-state index in [2.05, 4.69) is 6.58 Å². The summed E-state index contributed by atoms with van der Waals surface area (Å²) < 4.78 is 21.8. The Morgan fingerprint density at radius 2 is 1.79 bits per heavy atom. The largest absolute Gasteiger partial charge is 0.458 e. The highest BCUT2D eigenvalue weighted by Crippen LogP contribution is 2.27. The fraction of sp³-hybridized carbons (Fsp3) is 0.706. The van der Waals surface area contributed by atoms with E-state index in [4.69, 9.17) is 18.9 Å². The van der Waals surface area contributed by atoms with Crippen LogP contribution in [0.25, 0.3) is 0 Å². The number of rotatable bonds is 9. The molecule has 0 aromatic carbocycles. The van der Waals surface area contributed by atoms with Crippen LogP contribution in [0.5, 0.6) is 0 Å². The zero-order chi connectivity index (χ0) is 18.1. The fourth-order valence-corrected chi connectivity index (χ4v) is 2.49. The van der Waals surface area contributed by atoms with Gasteiger partial charge in [-0.1, -0.05) is 6.08 Å². The molecule has 1 aliphatic heterocycles. The van der Waals surface area contributed by atoms with E-state index in [1.165, 1.54) is 19.9 Å². The van der Waals surface area contributed by atoms with Crippen LogP contribution in [0.3, 0.4) is 0 Å². The monoisotopic (exact) mass is 342 g/mol. The first-order chi connectivity index (χ1) is 11.3. The molecule has 0 radical (unpaired) electrons. The minimum atomic E-state index is -0.749. The van der Waals surface area contributed by atoms with Crippen molar-refractivity contribution in [2.75, 3.05) is 6.61 Å². The molecule has 0 spiro atoms. The second kappa shape index (κ2) is 10.2. The summed E-state index contributed by atoms with van der Waals surface area (Å²) in [4.78, 5) is 33.5. The van der Waals surface area contributed by atoms with Crippen molar-refractivity contribution in [2.24, 2.45) is 0 Å². The van der Waals surface area contributed by atoms with Crippen molar-refractivity contribution in [3.05, 3.63) is 12.7 Å². The van der Waals surface area contributed by atoms with Crippen LogP contribution in [-0.2, 0) is 33.3 Å². The van der Waals surface area contributed by atoms with Gasteiger partial charge in [0, 0.05) is 33.3 Å². The highest BCUT2D eigenvalue weighted by atomic mass is 16.7. The molecule has 4 atom stereocenters. The smallest absolute Gasteiger partial charge is 0.303 e. The van der Waals surface area contributed by atoms with E-state index in [9.17, 15) is 14.4 Å². The first-order valence-corrected chi connectivity index (χ1v) is 8.07. The number of ketones is 1. The molecular weight excluding hydrogens is 316 g/mol. The molecule has 0 unspecified atom stereocenters. The highest BCUT2D eigenvalue weighted by Gasteiger charge is 2.42. The number of unbranched alkanes of at least 4 members (excludes halogenated alkanes) is 1. The molecular formula is C17H26O7. The van der Waals surface area contributed by atoms with Gasteiger partial charge in [0.05, 0.1) is 0 Å². The summed E-state index contributed by atoms with van der Waals surface area (Å²) in [6.45, 7) is 8.22. The van der Waals surface area contributed by atoms with E-state index in [1.54, 1.807) is 6.92 Å². The maximum atomic E-state index is 11.3. The lowest BCUT2D eigenvalue weighted by atomic mass is 10.0. The maximum Gasteiger partial charge on any atom is 0.303 e. The molecule has 1 rings (SSSR count). The van der Waals surface area contributed by atoms with Crippen LogP contribution >= 0.6 is 0 Å². The van der Waals surface area contributed by atoms with Crippen molar-refractivity contribution in [3.63, 3.8) is 0 Å². The molecule has 7 heteroatoms. The number of carbonyl (C=O) groups is 3. The average molecular weight is 342 g/mol. The molecule has 0 aliphatic carbocycles. The number of carbonyl (C=O) groups excluding carboxylic acids is 3. The SMILES string of the molecule is C=C[C@H]1O[C@@H](OCCCCC(C)=O)C[C@@H](OC(C)=O)[C@H]1OC(C)=O. The van der Waals surface area contributed by atoms with Crippen molar-refractivity contribution in [3.8, 4) is 0 Å². The lowest BCUT2D eigenvalue weighted by Crippen LogP contribution is -2.51. The second-order valence-electron chi connectivity index (χ2n) is 5.75. The summed E-state index contributed by atoms with van der Waals surface area (Å²) in [6.07, 6.45) is 1.11. The number of ether oxygens (including phenoxy) is 4. The Hall–Kier alpha value is -1.73. The molecule has 24 heavy (non-hydrogen) atoms. The predicted octanol–water partition coefficient (Wildman–Crippen LogP) is 1.93. The van der Waals surface area contributed by atoms with Gasteiger partial charge in [-0.2, -0.15) is 0 Å². The summed E-state index contributed by atoms with van der Waals surface area (Å²) in [5.41, 5.74) is 0. The fourth-order valence-electron chi connectivity index (χ4n) is 2.49. The Balaban J connectivity index is 2.60. The van der Waals surface area contributed by atoms with Crippen molar-refractivity contribution in [2.45, 2.75) is 71.1 Å². The van der Waals surface area contributed by atoms with Gasteiger partial charge < -0.3 is 23.7 Å². The standard InChI is InChI=1S/C17H26O7/c1-5-14-17(23-13(4)20)15(22-12(3)19)10-16(24-14)21-9-7-6-8-11(2)18/h5,14-17H,1,6-10H2,2-4H3/t14-,15-,16-,17+/m1/s1. The number of esters is 2. The van der Waals surface area contributed by atoms with E-state index in [0.29, 0.717) is 13.0 Å². The topological polar surface area (TPSA) is 88.1 Å². The van der Waals surface area contributed by atoms with Gasteiger partial charge in [0.25, 0.3) is 0 Å². The summed E-state index contributed by atoms with van der Waals surface area (Å²) in [5.74, 6) is -0.812. The van der Waals surface area contributed by atoms with E-state index in [0.717, 1.165) is 12.8 Å². The van der Waals surface area contributed by atoms with Crippen LogP contribution in [0, 0.1) is 0 Å². The zero-order valence-corrected chi connectivity index (χ0v) is 14.5. The number of hydrogen-bond acceptors (Lipinski definition) is 7. The summed E-state index contributed by atoms with van der Waals surface area (Å²) >= 11 is 0. The summed E-state index contributed by atoms with van der Waals surface area (Å²) in [6, 6.07) is 0. The maximum absolute atomic E-state index is 11.3. The Morgan fingerprint density at radius 3 is 2.33 bits per heavy atom. The van der Waals surface area contributed by atoms with Crippen LogP contribution in [0.1, 0.15) is 46.5 Å². The Morgan fingerprint density at radius 1 is 1.12 bits per heavy atom. The Labute approximate surface area is 142 Å². The molecule has 7 nitrogen and oxygen atoms in total. The van der Waals surface area contributed by atoms with Gasteiger partial charge in [-0.3, -0.25) is 9.59 Å². The van der Waals surface area contributed by atoms with Gasteiger partial charge in [-0.25, -0.2) is 0 Å². The summed E-state index contributed by atoms with van der Waals surface area (Å²) in [5, 5.41) is 0. The zero-order valence-electron chi connectivity index (χ0n) is 14.5. The van der Waals surface area contributed by atoms with Gasteiger partial charge in [0.1, 0.15) is 18.0 Å². The van der Waals surface area contributed by atoms with Crippen LogP contribution in [-0.4, -0.2) is 48.9 Å². The van der Waals surface area contributed by atoms with E-state index in [-0.39, 0.29) is 12.2 Å². The van der Waals surface area contributed by atoms with E-state index in [1.807, 2.05) is 0 Å². The number of Topliss-reactive ketones (excluding diaryl/α,β-unsaturated/α-hetero) is 1. The van der Waals surface area contributed by atoms with Gasteiger partial charge in [-0.05, 0) is 19.8 Å². The lowest BCUT2D eigenvalue weighted by molar-refractivity contribution is -0.249. The first-order valence-electron chi connectivity index (χ1n) is 8.07. The normalized spacial score (nSPS) is 26.5. The highest BCUT2D eigenvalue weighted by molar-refractivity contribution is 5.75. The quantitative estimate of drug-likeness (QED) is 0.359. The van der Waals surface area contributed by atoms with Crippen LogP contribution in [0.4, 0.5) is 0 Å². The molecule has 0 aromatic rings. The molecule has 0 aromatic heterocycles. The minimum absolute atomic E-state index is 0.148. The summed E-state index contributed by atoms with van der Waals surface area (Å²) in [7, 11) is 0. The van der Waals surface area contributed by atoms with Crippen molar-refractivity contribution >= 4 is 17.7 Å². The second-order valence-corrected chi connectivity index (χ2v) is 5.75. The van der Waals surface area contributed by atoms with Gasteiger partial charge >= 0.3 is 11.9 Å².